The van der Waals surface area contributed by atoms with Gasteiger partial charge in [0.2, 0.25) is 0 Å². The first-order valence-electron chi connectivity index (χ1n) is 3.65. The molecule has 0 spiro atoms. The minimum atomic E-state index is 0.901. The summed E-state index contributed by atoms with van der Waals surface area (Å²) < 4.78 is 0. The number of terminal acetylenes is 1. The largest absolute Gasteiger partial charge is 0.120 e. The first-order valence-corrected chi connectivity index (χ1v) is 6.03. The summed E-state index contributed by atoms with van der Waals surface area (Å²) in [5.74, 6) is 4.01. The van der Waals surface area contributed by atoms with Crippen LogP contribution in [0.5, 0.6) is 0 Å². The average Bonchev–Trinajstić information content (AvgIpc) is 2.41. The number of hydrogen-bond donors (Lipinski definition) is 0. The van der Waals surface area contributed by atoms with Gasteiger partial charge < -0.3 is 0 Å². The molecule has 1 aliphatic rings. The van der Waals surface area contributed by atoms with E-state index >= 15 is 0 Å². The summed E-state index contributed by atoms with van der Waals surface area (Å²) in [6.07, 6.45) is 10.0. The second-order valence-electron chi connectivity index (χ2n) is 2.43. The maximum absolute atomic E-state index is 5.15. The normalized spacial score (nSPS) is 24.5. The van der Waals surface area contributed by atoms with Crippen molar-refractivity contribution in [2.24, 2.45) is 0 Å². The molecular formula is C8H12S2. The lowest BCUT2D eigenvalue weighted by Gasteiger charge is -2.03. The zero-order valence-corrected chi connectivity index (χ0v) is 7.64. The van der Waals surface area contributed by atoms with E-state index in [1.54, 1.807) is 0 Å². The van der Waals surface area contributed by atoms with Crippen LogP contribution in [0.25, 0.3) is 0 Å². The van der Waals surface area contributed by atoms with Crippen LogP contribution < -0.4 is 0 Å². The van der Waals surface area contributed by atoms with Crippen LogP contribution in [0.4, 0.5) is 0 Å². The molecule has 0 aliphatic carbocycles. The molecule has 0 saturated carbocycles. The van der Waals surface area contributed by atoms with Gasteiger partial charge in [-0.15, -0.1) is 12.3 Å². The van der Waals surface area contributed by atoms with E-state index in [4.69, 9.17) is 6.42 Å². The van der Waals surface area contributed by atoms with Crippen molar-refractivity contribution in [3.8, 4) is 12.3 Å². The van der Waals surface area contributed by atoms with Crippen LogP contribution in [-0.2, 0) is 0 Å². The molecule has 10 heavy (non-hydrogen) atoms. The molecule has 1 heterocycles. The fraction of sp³-hybridized carbons (Fsp3) is 0.750. The molecule has 0 aromatic heterocycles. The Bertz CT molecular complexity index is 120. The Morgan fingerprint density at radius 2 is 2.50 bits per heavy atom. The predicted molar refractivity (Wildman–Crippen MR) is 51.1 cm³/mol. The molecule has 2 heteroatoms. The van der Waals surface area contributed by atoms with Crippen molar-refractivity contribution in [1.82, 2.24) is 0 Å². The highest BCUT2D eigenvalue weighted by molar-refractivity contribution is 8.77. The van der Waals surface area contributed by atoms with Crippen molar-refractivity contribution in [3.05, 3.63) is 0 Å². The number of unbranched alkanes of at least 4 members (excludes halogenated alkanes) is 1. The third-order valence-corrected chi connectivity index (χ3v) is 4.58. The van der Waals surface area contributed by atoms with Crippen LogP contribution in [0.2, 0.25) is 0 Å². The zero-order valence-electron chi connectivity index (χ0n) is 6.01. The van der Waals surface area contributed by atoms with E-state index in [1.165, 1.54) is 25.0 Å². The van der Waals surface area contributed by atoms with Gasteiger partial charge in [-0.25, -0.2) is 0 Å². The van der Waals surface area contributed by atoms with Crippen LogP contribution in [0.1, 0.15) is 25.7 Å². The Kier molecular flexibility index (Phi) is 4.16. The summed E-state index contributed by atoms with van der Waals surface area (Å²) in [6.45, 7) is 0. The van der Waals surface area contributed by atoms with Gasteiger partial charge >= 0.3 is 0 Å². The Morgan fingerprint density at radius 3 is 3.10 bits per heavy atom. The van der Waals surface area contributed by atoms with Crippen LogP contribution in [0.15, 0.2) is 0 Å². The smallest absolute Gasteiger partial charge is 0.0160 e. The Hall–Kier alpha value is 0.260. The summed E-state index contributed by atoms with van der Waals surface area (Å²) in [4.78, 5) is 0. The highest BCUT2D eigenvalue weighted by atomic mass is 33.1. The monoisotopic (exact) mass is 172 g/mol. The van der Waals surface area contributed by atoms with E-state index in [0.717, 1.165) is 11.7 Å². The molecule has 0 nitrogen and oxygen atoms in total. The van der Waals surface area contributed by atoms with Crippen molar-refractivity contribution in [2.45, 2.75) is 30.9 Å². The molecule has 0 aromatic rings. The van der Waals surface area contributed by atoms with Crippen LogP contribution in [0.3, 0.4) is 0 Å². The molecule has 0 radical (unpaired) electrons. The topological polar surface area (TPSA) is 0 Å². The van der Waals surface area contributed by atoms with Crippen LogP contribution >= 0.6 is 21.6 Å². The lowest BCUT2D eigenvalue weighted by molar-refractivity contribution is 0.707. The molecule has 0 N–H and O–H groups in total. The molecule has 56 valence electrons. The van der Waals surface area contributed by atoms with E-state index in [1.807, 2.05) is 21.6 Å². The van der Waals surface area contributed by atoms with Crippen LogP contribution in [0, 0.1) is 12.3 Å². The molecular weight excluding hydrogens is 160 g/mol. The lowest BCUT2D eigenvalue weighted by atomic mass is 10.1. The molecule has 1 aliphatic heterocycles. The van der Waals surface area contributed by atoms with Gasteiger partial charge in [0, 0.05) is 17.4 Å². The summed E-state index contributed by atoms with van der Waals surface area (Å²) in [5.41, 5.74) is 0. The van der Waals surface area contributed by atoms with Crippen molar-refractivity contribution < 1.29 is 0 Å². The minimum Gasteiger partial charge on any atom is -0.120 e. The van der Waals surface area contributed by atoms with Gasteiger partial charge in [-0.2, -0.15) is 0 Å². The van der Waals surface area contributed by atoms with Gasteiger partial charge in [-0.05, 0) is 19.3 Å². The van der Waals surface area contributed by atoms with Crippen molar-refractivity contribution in [3.63, 3.8) is 0 Å². The molecule has 1 atom stereocenters. The number of hydrogen-bond acceptors (Lipinski definition) is 2. The molecule has 1 saturated heterocycles. The van der Waals surface area contributed by atoms with E-state index < -0.39 is 0 Å². The van der Waals surface area contributed by atoms with Crippen molar-refractivity contribution in [1.29, 1.82) is 0 Å². The van der Waals surface area contributed by atoms with Gasteiger partial charge in [0.1, 0.15) is 0 Å². The Balaban J connectivity index is 1.97. The fourth-order valence-electron chi connectivity index (χ4n) is 0.996. The van der Waals surface area contributed by atoms with Gasteiger partial charge in [0.25, 0.3) is 0 Å². The summed E-state index contributed by atoms with van der Waals surface area (Å²) in [5, 5.41) is 0.901. The highest BCUT2D eigenvalue weighted by Crippen LogP contribution is 2.39. The second-order valence-corrected chi connectivity index (χ2v) is 5.21. The molecule has 0 aromatic carbocycles. The predicted octanol–water partition coefficient (Wildman–Crippen LogP) is 2.94. The van der Waals surface area contributed by atoms with Gasteiger partial charge in [-0.1, -0.05) is 21.6 Å². The van der Waals surface area contributed by atoms with E-state index in [2.05, 4.69) is 5.92 Å². The summed E-state index contributed by atoms with van der Waals surface area (Å²) in [7, 11) is 4.05. The molecule has 1 fully saturated rings. The SMILES string of the molecule is C#CCCC[C@@H]1CCSS1. The highest BCUT2D eigenvalue weighted by Gasteiger charge is 2.14. The average molecular weight is 172 g/mol. The second kappa shape index (κ2) is 4.98. The van der Waals surface area contributed by atoms with Gasteiger partial charge in [0.15, 0.2) is 0 Å². The molecule has 0 bridgehead atoms. The third kappa shape index (κ3) is 2.90. The maximum Gasteiger partial charge on any atom is 0.0160 e. The van der Waals surface area contributed by atoms with Gasteiger partial charge in [-0.3, -0.25) is 0 Å². The third-order valence-electron chi connectivity index (χ3n) is 1.57. The maximum atomic E-state index is 5.15. The van der Waals surface area contributed by atoms with Crippen LogP contribution in [-0.4, -0.2) is 11.0 Å². The van der Waals surface area contributed by atoms with E-state index in [9.17, 15) is 0 Å². The summed E-state index contributed by atoms with van der Waals surface area (Å²) >= 11 is 0. The fourth-order valence-corrected chi connectivity index (χ4v) is 4.02. The molecule has 0 amide bonds. The van der Waals surface area contributed by atoms with Crippen molar-refractivity contribution in [2.75, 3.05) is 5.75 Å². The lowest BCUT2D eigenvalue weighted by Crippen LogP contribution is -1.95. The minimum absolute atomic E-state index is 0.901. The zero-order chi connectivity index (χ0) is 7.23. The van der Waals surface area contributed by atoms with Gasteiger partial charge in [0.05, 0.1) is 0 Å². The van der Waals surface area contributed by atoms with Crippen molar-refractivity contribution >= 4 is 21.6 Å². The quantitative estimate of drug-likeness (QED) is 0.365. The van der Waals surface area contributed by atoms with E-state index in [-0.39, 0.29) is 0 Å². The molecule has 0 unspecified atom stereocenters. The first-order chi connectivity index (χ1) is 4.93. The Morgan fingerprint density at radius 1 is 1.60 bits per heavy atom. The first kappa shape index (κ1) is 8.36. The molecule has 1 rings (SSSR count). The number of rotatable bonds is 3. The summed E-state index contributed by atoms with van der Waals surface area (Å²) in [6, 6.07) is 0. The standard InChI is InChI=1S/C8H12S2/c1-2-3-4-5-8-6-7-9-10-8/h1,8H,3-7H2/t8-/m1/s1. The Labute approximate surface area is 70.9 Å². The van der Waals surface area contributed by atoms with E-state index in [0.29, 0.717) is 0 Å².